The van der Waals surface area contributed by atoms with Crippen LogP contribution in [0.15, 0.2) is 18.3 Å². The maximum Gasteiger partial charge on any atom is 0.433 e. The summed E-state index contributed by atoms with van der Waals surface area (Å²) in [5, 5.41) is 11.9. The number of nitrogens with one attached hydrogen (secondary N) is 1. The van der Waals surface area contributed by atoms with Crippen molar-refractivity contribution in [2.24, 2.45) is 5.41 Å². The zero-order valence-electron chi connectivity index (χ0n) is 12.9. The van der Waals surface area contributed by atoms with E-state index in [4.69, 9.17) is 0 Å². The lowest BCUT2D eigenvalue weighted by atomic mass is 9.86. The van der Waals surface area contributed by atoms with E-state index in [1.807, 2.05) is 20.8 Å². The van der Waals surface area contributed by atoms with Crippen LogP contribution in [-0.2, 0) is 6.18 Å². The summed E-state index contributed by atoms with van der Waals surface area (Å²) >= 11 is 0. The van der Waals surface area contributed by atoms with Gasteiger partial charge in [0.2, 0.25) is 0 Å². The average Bonchev–Trinajstić information content (AvgIpc) is 2.37. The Morgan fingerprint density at radius 3 is 2.32 bits per heavy atom. The van der Waals surface area contributed by atoms with Gasteiger partial charge in [-0.05, 0) is 17.5 Å². The summed E-state index contributed by atoms with van der Waals surface area (Å²) in [7, 11) is 1.51. The molecule has 22 heavy (non-hydrogen) atoms. The van der Waals surface area contributed by atoms with Crippen molar-refractivity contribution in [1.29, 1.82) is 0 Å². The van der Waals surface area contributed by atoms with Crippen molar-refractivity contribution < 1.29 is 23.1 Å². The van der Waals surface area contributed by atoms with Gasteiger partial charge in [0.1, 0.15) is 5.69 Å². The van der Waals surface area contributed by atoms with Gasteiger partial charge in [0, 0.05) is 7.05 Å². The topological polar surface area (TPSA) is 65.5 Å². The Bertz CT molecular complexity index is 510. The molecule has 2 amide bonds. The van der Waals surface area contributed by atoms with E-state index in [-0.39, 0.29) is 17.7 Å². The summed E-state index contributed by atoms with van der Waals surface area (Å²) in [5.74, 6) is 0. The highest BCUT2D eigenvalue weighted by atomic mass is 19.4. The molecule has 0 saturated heterocycles. The molecule has 0 aliphatic rings. The maximum atomic E-state index is 12.4. The summed E-state index contributed by atoms with van der Waals surface area (Å²) < 4.78 is 37.2. The zero-order chi connectivity index (χ0) is 17.1. The van der Waals surface area contributed by atoms with Crippen LogP contribution in [0.5, 0.6) is 0 Å². The van der Waals surface area contributed by atoms with E-state index in [1.54, 1.807) is 0 Å². The minimum Gasteiger partial charge on any atom is -0.394 e. The number of alkyl halides is 3. The van der Waals surface area contributed by atoms with Gasteiger partial charge in [0.25, 0.3) is 0 Å². The first-order chi connectivity index (χ1) is 9.96. The summed E-state index contributed by atoms with van der Waals surface area (Å²) in [5.41, 5.74) is -1.23. The van der Waals surface area contributed by atoms with Crippen LogP contribution in [-0.4, -0.2) is 40.7 Å². The molecule has 1 rings (SSSR count). The highest BCUT2D eigenvalue weighted by Gasteiger charge is 2.33. The number of halogens is 3. The van der Waals surface area contributed by atoms with Gasteiger partial charge in [-0.3, -0.25) is 0 Å². The minimum atomic E-state index is -4.52. The van der Waals surface area contributed by atoms with E-state index in [2.05, 4.69) is 10.3 Å². The quantitative estimate of drug-likeness (QED) is 0.900. The molecule has 1 heterocycles. The molecule has 0 aliphatic heterocycles. The van der Waals surface area contributed by atoms with Crippen molar-refractivity contribution in [2.45, 2.75) is 33.0 Å². The second-order valence-electron chi connectivity index (χ2n) is 6.04. The first-order valence-corrected chi connectivity index (χ1v) is 6.64. The monoisotopic (exact) mass is 319 g/mol. The van der Waals surface area contributed by atoms with Gasteiger partial charge in [-0.15, -0.1) is 0 Å². The predicted octanol–water partition coefficient (Wildman–Crippen LogP) is 2.97. The van der Waals surface area contributed by atoms with Crippen LogP contribution in [0.25, 0.3) is 0 Å². The number of urea groups is 1. The van der Waals surface area contributed by atoms with Gasteiger partial charge in [0.15, 0.2) is 0 Å². The van der Waals surface area contributed by atoms with Crippen molar-refractivity contribution in [3.05, 3.63) is 24.0 Å². The molecule has 0 saturated carbocycles. The summed E-state index contributed by atoms with van der Waals surface area (Å²) in [6.07, 6.45) is -3.58. The lowest BCUT2D eigenvalue weighted by Gasteiger charge is -2.36. The van der Waals surface area contributed by atoms with Crippen molar-refractivity contribution in [2.75, 3.05) is 19.0 Å². The normalized spacial score (nSPS) is 13.6. The van der Waals surface area contributed by atoms with Crippen LogP contribution >= 0.6 is 0 Å². The smallest absolute Gasteiger partial charge is 0.394 e. The molecule has 0 fully saturated rings. The third-order valence-electron chi connectivity index (χ3n) is 3.27. The highest BCUT2D eigenvalue weighted by Crippen LogP contribution is 2.28. The Hall–Kier alpha value is -1.83. The summed E-state index contributed by atoms with van der Waals surface area (Å²) in [4.78, 5) is 16.7. The average molecular weight is 319 g/mol. The molecule has 8 heteroatoms. The first kappa shape index (κ1) is 18.2. The second-order valence-corrected chi connectivity index (χ2v) is 6.04. The van der Waals surface area contributed by atoms with Gasteiger partial charge >= 0.3 is 12.2 Å². The van der Waals surface area contributed by atoms with E-state index in [0.717, 1.165) is 18.3 Å². The van der Waals surface area contributed by atoms with E-state index in [9.17, 15) is 23.1 Å². The van der Waals surface area contributed by atoms with Crippen molar-refractivity contribution in [3.63, 3.8) is 0 Å². The summed E-state index contributed by atoms with van der Waals surface area (Å²) in [6.45, 7) is 5.39. The minimum absolute atomic E-state index is 0.149. The number of rotatable bonds is 3. The van der Waals surface area contributed by atoms with Gasteiger partial charge in [-0.25, -0.2) is 9.78 Å². The highest BCUT2D eigenvalue weighted by molar-refractivity contribution is 5.89. The number of pyridine rings is 1. The van der Waals surface area contributed by atoms with Crippen molar-refractivity contribution in [3.8, 4) is 0 Å². The molecule has 0 aromatic carbocycles. The Balaban J connectivity index is 2.80. The molecule has 2 N–H and O–H groups in total. The number of hydrogen-bond donors (Lipinski definition) is 2. The molecule has 5 nitrogen and oxygen atoms in total. The van der Waals surface area contributed by atoms with Gasteiger partial charge in [-0.1, -0.05) is 20.8 Å². The Kier molecular flexibility index (Phi) is 5.39. The molecule has 124 valence electrons. The Morgan fingerprint density at radius 2 is 1.95 bits per heavy atom. The fourth-order valence-corrected chi connectivity index (χ4v) is 1.97. The third-order valence-corrected chi connectivity index (χ3v) is 3.27. The molecule has 1 atom stereocenters. The number of aromatic nitrogens is 1. The Morgan fingerprint density at radius 1 is 1.36 bits per heavy atom. The van der Waals surface area contributed by atoms with Crippen LogP contribution in [0.2, 0.25) is 0 Å². The van der Waals surface area contributed by atoms with E-state index < -0.39 is 23.9 Å². The van der Waals surface area contributed by atoms with Gasteiger partial charge in [-0.2, -0.15) is 13.2 Å². The van der Waals surface area contributed by atoms with Crippen LogP contribution < -0.4 is 5.32 Å². The molecule has 1 aromatic heterocycles. The van der Waals surface area contributed by atoms with Crippen LogP contribution in [0.1, 0.15) is 26.5 Å². The number of nitrogens with zero attached hydrogens (tertiary/aromatic N) is 2. The van der Waals surface area contributed by atoms with Gasteiger partial charge in [0.05, 0.1) is 24.5 Å². The molecular weight excluding hydrogens is 299 g/mol. The van der Waals surface area contributed by atoms with Gasteiger partial charge < -0.3 is 15.3 Å². The number of carbonyl (C=O) groups excluding carboxylic acids is 1. The molecule has 1 aromatic rings. The van der Waals surface area contributed by atoms with Crippen LogP contribution in [0.4, 0.5) is 23.7 Å². The number of aliphatic hydroxyl groups excluding tert-OH is 1. The SMILES string of the molecule is CN(C(=O)Nc1ccc(C(F)(F)F)nc1)C(CO)C(C)(C)C. The fraction of sp³-hybridized carbons (Fsp3) is 0.571. The van der Waals surface area contributed by atoms with Crippen molar-refractivity contribution in [1.82, 2.24) is 9.88 Å². The number of aliphatic hydroxyl groups is 1. The molecule has 1 unspecified atom stereocenters. The van der Waals surface area contributed by atoms with E-state index in [1.165, 1.54) is 11.9 Å². The molecule has 0 radical (unpaired) electrons. The van der Waals surface area contributed by atoms with Crippen LogP contribution in [0, 0.1) is 5.41 Å². The molecular formula is C14H20F3N3O2. The standard InChI is InChI=1S/C14H20F3N3O2/c1-13(2,3)11(8-21)20(4)12(22)19-9-5-6-10(18-7-9)14(15,16)17/h5-7,11,21H,8H2,1-4H3,(H,19,22). The maximum absolute atomic E-state index is 12.4. The van der Waals surface area contributed by atoms with E-state index >= 15 is 0 Å². The zero-order valence-corrected chi connectivity index (χ0v) is 12.9. The number of anilines is 1. The predicted molar refractivity (Wildman–Crippen MR) is 76.3 cm³/mol. The number of hydrogen-bond acceptors (Lipinski definition) is 3. The van der Waals surface area contributed by atoms with Crippen molar-refractivity contribution >= 4 is 11.7 Å². The lowest BCUT2D eigenvalue weighted by Crippen LogP contribution is -2.48. The fourth-order valence-electron chi connectivity index (χ4n) is 1.97. The lowest BCUT2D eigenvalue weighted by molar-refractivity contribution is -0.141. The Labute approximate surface area is 127 Å². The molecule has 0 aliphatic carbocycles. The van der Waals surface area contributed by atoms with E-state index in [0.29, 0.717) is 0 Å². The number of amides is 2. The second kappa shape index (κ2) is 6.51. The molecule has 0 spiro atoms. The third kappa shape index (κ3) is 4.59. The summed E-state index contributed by atoms with van der Waals surface area (Å²) in [6, 6.07) is 0.959. The van der Waals surface area contributed by atoms with Crippen LogP contribution in [0.3, 0.4) is 0 Å². The largest absolute Gasteiger partial charge is 0.433 e. The number of likely N-dealkylation sites (N-methyl/N-ethyl adjacent to an activating group) is 1. The number of carbonyl (C=O) groups is 1. The molecule has 0 bridgehead atoms. The first-order valence-electron chi connectivity index (χ1n) is 6.64.